The van der Waals surface area contributed by atoms with E-state index < -0.39 is 23.3 Å². The molecule has 1 N–H and O–H groups in total. The molecule has 2 amide bonds. The number of hydrogen-bond acceptors (Lipinski definition) is 4. The highest BCUT2D eigenvalue weighted by atomic mass is 16.5. The lowest BCUT2D eigenvalue weighted by Crippen LogP contribution is -2.58. The van der Waals surface area contributed by atoms with Crippen molar-refractivity contribution in [3.8, 4) is 0 Å². The SMILES string of the molecule is CC1=C(C)C(=O)N(C2(C(=O)O)CCOC2)C1=O. The molecule has 17 heavy (non-hydrogen) atoms. The molecule has 1 fully saturated rings. The monoisotopic (exact) mass is 239 g/mol. The van der Waals surface area contributed by atoms with Crippen LogP contribution in [0.25, 0.3) is 0 Å². The lowest BCUT2D eigenvalue weighted by molar-refractivity contribution is -0.162. The van der Waals surface area contributed by atoms with Gasteiger partial charge in [-0.15, -0.1) is 0 Å². The van der Waals surface area contributed by atoms with Crippen LogP contribution in [0.15, 0.2) is 11.1 Å². The number of carboxylic acids is 1. The number of carboxylic acid groups (broad SMARTS) is 1. The first-order chi connectivity index (χ1) is 7.92. The van der Waals surface area contributed by atoms with E-state index in [1.54, 1.807) is 0 Å². The predicted octanol–water partition coefficient (Wildman–Crippen LogP) is -0.0647. The summed E-state index contributed by atoms with van der Waals surface area (Å²) in [6.07, 6.45) is 0.139. The van der Waals surface area contributed by atoms with Gasteiger partial charge in [0.15, 0.2) is 5.54 Å². The summed E-state index contributed by atoms with van der Waals surface area (Å²) < 4.78 is 5.06. The van der Waals surface area contributed by atoms with Gasteiger partial charge in [-0.1, -0.05) is 0 Å². The fourth-order valence-corrected chi connectivity index (χ4v) is 2.13. The zero-order chi connectivity index (χ0) is 12.8. The zero-order valence-electron chi connectivity index (χ0n) is 9.65. The maximum Gasteiger partial charge on any atom is 0.332 e. The van der Waals surface area contributed by atoms with Gasteiger partial charge in [0.2, 0.25) is 0 Å². The van der Waals surface area contributed by atoms with Crippen molar-refractivity contribution >= 4 is 17.8 Å². The molecule has 0 saturated carbocycles. The van der Waals surface area contributed by atoms with Gasteiger partial charge in [-0.25, -0.2) is 4.79 Å². The minimum Gasteiger partial charge on any atom is -0.479 e. The fraction of sp³-hybridized carbons (Fsp3) is 0.545. The highest BCUT2D eigenvalue weighted by Crippen LogP contribution is 2.33. The molecule has 0 aromatic heterocycles. The highest BCUT2D eigenvalue weighted by Gasteiger charge is 2.55. The Kier molecular flexibility index (Phi) is 2.54. The van der Waals surface area contributed by atoms with E-state index in [4.69, 9.17) is 4.74 Å². The average Bonchev–Trinajstić information content (AvgIpc) is 2.82. The van der Waals surface area contributed by atoms with Gasteiger partial charge in [0, 0.05) is 24.2 Å². The summed E-state index contributed by atoms with van der Waals surface area (Å²) in [7, 11) is 0. The lowest BCUT2D eigenvalue weighted by atomic mass is 9.96. The molecule has 6 nitrogen and oxygen atoms in total. The maximum atomic E-state index is 12.0. The molecule has 0 spiro atoms. The molecule has 2 rings (SSSR count). The molecule has 1 atom stereocenters. The van der Waals surface area contributed by atoms with E-state index in [0.717, 1.165) is 4.90 Å². The molecule has 0 aromatic rings. The zero-order valence-corrected chi connectivity index (χ0v) is 9.65. The van der Waals surface area contributed by atoms with Gasteiger partial charge in [-0.05, 0) is 13.8 Å². The Morgan fingerprint density at radius 1 is 1.29 bits per heavy atom. The van der Waals surface area contributed by atoms with Crippen LogP contribution in [-0.4, -0.2) is 46.5 Å². The van der Waals surface area contributed by atoms with E-state index in [0.29, 0.717) is 11.1 Å². The van der Waals surface area contributed by atoms with Gasteiger partial charge < -0.3 is 9.84 Å². The van der Waals surface area contributed by atoms with Crippen LogP contribution in [0.2, 0.25) is 0 Å². The van der Waals surface area contributed by atoms with Gasteiger partial charge in [0.05, 0.1) is 6.61 Å². The summed E-state index contributed by atoms with van der Waals surface area (Å²) in [6.45, 7) is 3.16. The van der Waals surface area contributed by atoms with Crippen molar-refractivity contribution in [2.75, 3.05) is 13.2 Å². The Hall–Kier alpha value is -1.69. The largest absolute Gasteiger partial charge is 0.479 e. The standard InChI is InChI=1S/C11H13NO5/c1-6-7(2)9(14)12(8(6)13)11(10(15)16)3-4-17-5-11/h3-5H2,1-2H3,(H,15,16). The van der Waals surface area contributed by atoms with Gasteiger partial charge in [0.25, 0.3) is 11.8 Å². The highest BCUT2D eigenvalue weighted by molar-refractivity contribution is 6.20. The summed E-state index contributed by atoms with van der Waals surface area (Å²) in [5.41, 5.74) is -0.919. The third-order valence-corrected chi connectivity index (χ3v) is 3.44. The quantitative estimate of drug-likeness (QED) is 0.682. The van der Waals surface area contributed by atoms with Crippen molar-refractivity contribution in [2.45, 2.75) is 25.8 Å². The van der Waals surface area contributed by atoms with Crippen LogP contribution in [0.4, 0.5) is 0 Å². The van der Waals surface area contributed by atoms with Crippen LogP contribution in [0.5, 0.6) is 0 Å². The average molecular weight is 239 g/mol. The second-order valence-electron chi connectivity index (χ2n) is 4.34. The topological polar surface area (TPSA) is 83.9 Å². The lowest BCUT2D eigenvalue weighted by Gasteiger charge is -2.31. The summed E-state index contributed by atoms with van der Waals surface area (Å²) in [5, 5.41) is 9.29. The number of carbonyl (C=O) groups is 3. The molecule has 0 bridgehead atoms. The molecule has 0 aliphatic carbocycles. The molecular weight excluding hydrogens is 226 g/mol. The van der Waals surface area contributed by atoms with Crippen LogP contribution < -0.4 is 0 Å². The van der Waals surface area contributed by atoms with E-state index in [9.17, 15) is 19.5 Å². The van der Waals surface area contributed by atoms with Crippen LogP contribution in [0.1, 0.15) is 20.3 Å². The smallest absolute Gasteiger partial charge is 0.332 e. The molecule has 1 unspecified atom stereocenters. The summed E-state index contributed by atoms with van der Waals surface area (Å²) >= 11 is 0. The van der Waals surface area contributed by atoms with E-state index in [-0.39, 0.29) is 19.6 Å². The van der Waals surface area contributed by atoms with Gasteiger partial charge in [-0.2, -0.15) is 0 Å². The maximum absolute atomic E-state index is 12.0. The number of ether oxygens (including phenoxy) is 1. The van der Waals surface area contributed by atoms with Crippen molar-refractivity contribution in [3.05, 3.63) is 11.1 Å². The Balaban J connectivity index is 2.45. The van der Waals surface area contributed by atoms with E-state index in [1.165, 1.54) is 13.8 Å². The van der Waals surface area contributed by atoms with Crippen molar-refractivity contribution < 1.29 is 24.2 Å². The van der Waals surface area contributed by atoms with Crippen LogP contribution in [-0.2, 0) is 19.1 Å². The molecule has 1 saturated heterocycles. The minimum atomic E-state index is -1.53. The normalized spacial score (nSPS) is 29.4. The number of hydrogen-bond donors (Lipinski definition) is 1. The van der Waals surface area contributed by atoms with Crippen molar-refractivity contribution in [1.82, 2.24) is 4.90 Å². The Labute approximate surface area is 97.8 Å². The molecule has 92 valence electrons. The summed E-state index contributed by atoms with van der Waals surface area (Å²) in [6, 6.07) is 0. The number of nitrogens with zero attached hydrogens (tertiary/aromatic N) is 1. The second-order valence-corrected chi connectivity index (χ2v) is 4.34. The Bertz CT molecular complexity index is 421. The number of carbonyl (C=O) groups excluding carboxylic acids is 2. The molecule has 2 heterocycles. The molecular formula is C11H13NO5. The van der Waals surface area contributed by atoms with Crippen LogP contribution >= 0.6 is 0 Å². The molecule has 0 radical (unpaired) electrons. The number of imide groups is 1. The van der Waals surface area contributed by atoms with E-state index in [1.807, 2.05) is 0 Å². The number of amides is 2. The van der Waals surface area contributed by atoms with E-state index >= 15 is 0 Å². The summed E-state index contributed by atoms with van der Waals surface area (Å²) in [4.78, 5) is 36.1. The van der Waals surface area contributed by atoms with E-state index in [2.05, 4.69) is 0 Å². The van der Waals surface area contributed by atoms with Gasteiger partial charge in [0.1, 0.15) is 0 Å². The van der Waals surface area contributed by atoms with Gasteiger partial charge >= 0.3 is 5.97 Å². The third-order valence-electron chi connectivity index (χ3n) is 3.44. The minimum absolute atomic E-state index is 0.139. The predicted molar refractivity (Wildman–Crippen MR) is 56.0 cm³/mol. The Morgan fingerprint density at radius 2 is 1.82 bits per heavy atom. The molecule has 2 aliphatic heterocycles. The Morgan fingerprint density at radius 3 is 2.18 bits per heavy atom. The fourth-order valence-electron chi connectivity index (χ4n) is 2.13. The van der Waals surface area contributed by atoms with Crippen molar-refractivity contribution in [1.29, 1.82) is 0 Å². The first-order valence-corrected chi connectivity index (χ1v) is 5.29. The summed E-state index contributed by atoms with van der Waals surface area (Å²) in [5.74, 6) is -2.25. The third kappa shape index (κ3) is 1.40. The van der Waals surface area contributed by atoms with Crippen LogP contribution in [0.3, 0.4) is 0 Å². The van der Waals surface area contributed by atoms with Crippen LogP contribution in [0, 0.1) is 0 Å². The number of aliphatic carboxylic acids is 1. The van der Waals surface area contributed by atoms with Crippen molar-refractivity contribution in [2.24, 2.45) is 0 Å². The van der Waals surface area contributed by atoms with Gasteiger partial charge in [-0.3, -0.25) is 14.5 Å². The molecule has 0 aromatic carbocycles. The number of rotatable bonds is 2. The molecule has 2 aliphatic rings. The first-order valence-electron chi connectivity index (χ1n) is 5.29. The second kappa shape index (κ2) is 3.66. The first kappa shape index (κ1) is 11.8. The van der Waals surface area contributed by atoms with Crippen molar-refractivity contribution in [3.63, 3.8) is 0 Å². The molecule has 6 heteroatoms.